The summed E-state index contributed by atoms with van der Waals surface area (Å²) < 4.78 is 54.9. The summed E-state index contributed by atoms with van der Waals surface area (Å²) in [6.45, 7) is 5.15. The predicted molar refractivity (Wildman–Crippen MR) is 102 cm³/mol. The maximum atomic E-state index is 13.1. The van der Waals surface area contributed by atoms with E-state index in [0.29, 0.717) is 11.3 Å². The Bertz CT molecular complexity index is 903. The first-order valence-electron chi connectivity index (χ1n) is 9.23. The summed E-state index contributed by atoms with van der Waals surface area (Å²) in [5.41, 5.74) is 1.12. The van der Waals surface area contributed by atoms with Gasteiger partial charge in [0.2, 0.25) is 0 Å². The van der Waals surface area contributed by atoms with Gasteiger partial charge in [-0.3, -0.25) is 14.6 Å². The van der Waals surface area contributed by atoms with Crippen molar-refractivity contribution in [3.05, 3.63) is 59.4 Å². The highest BCUT2D eigenvalue weighted by Gasteiger charge is 2.44. The maximum absolute atomic E-state index is 13.1. The molecule has 2 aromatic rings. The fourth-order valence-electron chi connectivity index (χ4n) is 2.51. The number of amides is 1. The van der Waals surface area contributed by atoms with Gasteiger partial charge in [0.15, 0.2) is 0 Å². The standard InChI is InChI=1S/C21H22F4N2O3/c1-12(2)18(28)11-16-9-15(7-8-26-16)19(29)27-13(3)14-5-4-6-17(10-14)30-21(24,25)20(22)23/h4-10,12-13,20H,11H2,1-3H3,(H,27,29). The van der Waals surface area contributed by atoms with Crippen molar-refractivity contribution in [1.82, 2.24) is 10.3 Å². The number of nitrogens with one attached hydrogen (secondary N) is 1. The Labute approximate surface area is 171 Å². The molecule has 0 bridgehead atoms. The molecule has 1 unspecified atom stereocenters. The molecule has 0 aliphatic heterocycles. The number of Topliss-reactive ketones (excluding diaryl/α,β-unsaturated/α-hetero) is 1. The van der Waals surface area contributed by atoms with E-state index < -0.39 is 30.2 Å². The Morgan fingerprint density at radius 2 is 1.83 bits per heavy atom. The minimum absolute atomic E-state index is 0.00848. The number of benzene rings is 1. The van der Waals surface area contributed by atoms with Crippen LogP contribution in [0.4, 0.5) is 17.6 Å². The van der Waals surface area contributed by atoms with Crippen molar-refractivity contribution in [2.24, 2.45) is 5.92 Å². The summed E-state index contributed by atoms with van der Waals surface area (Å²) in [4.78, 5) is 28.5. The topological polar surface area (TPSA) is 68.3 Å². The van der Waals surface area contributed by atoms with Crippen LogP contribution in [-0.4, -0.2) is 29.2 Å². The van der Waals surface area contributed by atoms with Crippen molar-refractivity contribution in [1.29, 1.82) is 0 Å². The van der Waals surface area contributed by atoms with E-state index in [1.54, 1.807) is 20.8 Å². The van der Waals surface area contributed by atoms with Crippen molar-refractivity contribution >= 4 is 11.7 Å². The van der Waals surface area contributed by atoms with Crippen LogP contribution in [0, 0.1) is 5.92 Å². The molecule has 0 aliphatic rings. The SMILES string of the molecule is CC(C)C(=O)Cc1cc(C(=O)NC(C)c2cccc(OC(F)(F)C(F)F)c2)ccn1. The third kappa shape index (κ3) is 6.27. The molecule has 0 aliphatic carbocycles. The van der Waals surface area contributed by atoms with Gasteiger partial charge in [0.05, 0.1) is 6.04 Å². The number of rotatable bonds is 9. The van der Waals surface area contributed by atoms with Gasteiger partial charge in [0.25, 0.3) is 5.91 Å². The molecule has 2 rings (SSSR count). The van der Waals surface area contributed by atoms with E-state index in [1.165, 1.54) is 30.5 Å². The van der Waals surface area contributed by atoms with E-state index in [0.717, 1.165) is 12.1 Å². The van der Waals surface area contributed by atoms with E-state index in [1.807, 2.05) is 0 Å². The molecule has 1 N–H and O–H groups in total. The molecule has 1 aromatic carbocycles. The first kappa shape index (κ1) is 23.3. The Balaban J connectivity index is 2.09. The van der Waals surface area contributed by atoms with Gasteiger partial charge in [0, 0.05) is 29.8 Å². The van der Waals surface area contributed by atoms with Gasteiger partial charge in [0.1, 0.15) is 11.5 Å². The molecule has 0 spiro atoms. The van der Waals surface area contributed by atoms with Crippen molar-refractivity contribution < 1.29 is 31.9 Å². The number of ketones is 1. The average molecular weight is 426 g/mol. The van der Waals surface area contributed by atoms with Gasteiger partial charge in [-0.2, -0.15) is 17.6 Å². The number of ether oxygens (including phenoxy) is 1. The highest BCUT2D eigenvalue weighted by Crippen LogP contribution is 2.29. The Morgan fingerprint density at radius 1 is 1.13 bits per heavy atom. The zero-order chi connectivity index (χ0) is 22.5. The van der Waals surface area contributed by atoms with Gasteiger partial charge in [-0.25, -0.2) is 0 Å². The van der Waals surface area contributed by atoms with Crippen LogP contribution in [0.1, 0.15) is 48.4 Å². The Kier molecular flexibility index (Phi) is 7.53. The minimum Gasteiger partial charge on any atom is -0.428 e. The molecule has 0 fully saturated rings. The molecular weight excluding hydrogens is 404 g/mol. The summed E-state index contributed by atoms with van der Waals surface area (Å²) in [5.74, 6) is -1.08. The zero-order valence-electron chi connectivity index (χ0n) is 16.7. The number of carbonyl (C=O) groups is 2. The van der Waals surface area contributed by atoms with Crippen LogP contribution in [-0.2, 0) is 11.2 Å². The molecule has 162 valence electrons. The molecule has 5 nitrogen and oxygen atoms in total. The zero-order valence-corrected chi connectivity index (χ0v) is 16.7. The van der Waals surface area contributed by atoms with Crippen molar-refractivity contribution in [2.75, 3.05) is 0 Å². The van der Waals surface area contributed by atoms with Crippen molar-refractivity contribution in [3.63, 3.8) is 0 Å². The lowest BCUT2D eigenvalue weighted by Gasteiger charge is -2.19. The number of halogens is 4. The molecule has 1 aromatic heterocycles. The smallest absolute Gasteiger partial charge is 0.428 e. The van der Waals surface area contributed by atoms with Crippen LogP contribution in [0.25, 0.3) is 0 Å². The molecule has 30 heavy (non-hydrogen) atoms. The van der Waals surface area contributed by atoms with Gasteiger partial charge in [-0.15, -0.1) is 0 Å². The Morgan fingerprint density at radius 3 is 2.47 bits per heavy atom. The first-order valence-corrected chi connectivity index (χ1v) is 9.23. The number of nitrogens with zero attached hydrogens (tertiary/aromatic N) is 1. The fraction of sp³-hybridized carbons (Fsp3) is 0.381. The highest BCUT2D eigenvalue weighted by molar-refractivity contribution is 5.94. The van der Waals surface area contributed by atoms with E-state index in [4.69, 9.17) is 0 Å². The summed E-state index contributed by atoms with van der Waals surface area (Å²) in [6, 6.07) is 7.53. The summed E-state index contributed by atoms with van der Waals surface area (Å²) in [5, 5.41) is 2.69. The second-order valence-electron chi connectivity index (χ2n) is 7.07. The maximum Gasteiger partial charge on any atom is 0.461 e. The number of hydrogen-bond donors (Lipinski definition) is 1. The second kappa shape index (κ2) is 9.69. The number of aromatic nitrogens is 1. The quantitative estimate of drug-likeness (QED) is 0.596. The molecule has 0 radical (unpaired) electrons. The second-order valence-corrected chi connectivity index (χ2v) is 7.07. The van der Waals surface area contributed by atoms with Gasteiger partial charge < -0.3 is 10.1 Å². The van der Waals surface area contributed by atoms with E-state index >= 15 is 0 Å². The van der Waals surface area contributed by atoms with E-state index in [-0.39, 0.29) is 23.7 Å². The molecule has 9 heteroatoms. The van der Waals surface area contributed by atoms with Crippen LogP contribution in [0.3, 0.4) is 0 Å². The average Bonchev–Trinajstić information content (AvgIpc) is 2.67. The van der Waals surface area contributed by atoms with E-state index in [9.17, 15) is 27.2 Å². The third-order valence-electron chi connectivity index (χ3n) is 4.29. The number of pyridine rings is 1. The van der Waals surface area contributed by atoms with Crippen LogP contribution in [0.5, 0.6) is 5.75 Å². The molecule has 1 amide bonds. The molecular formula is C21H22F4N2O3. The van der Waals surface area contributed by atoms with Gasteiger partial charge in [-0.1, -0.05) is 26.0 Å². The Hall–Kier alpha value is -2.97. The van der Waals surface area contributed by atoms with Crippen LogP contribution in [0.15, 0.2) is 42.6 Å². The van der Waals surface area contributed by atoms with Crippen molar-refractivity contribution in [3.8, 4) is 5.75 Å². The third-order valence-corrected chi connectivity index (χ3v) is 4.29. The minimum atomic E-state index is -4.62. The number of hydrogen-bond acceptors (Lipinski definition) is 4. The number of carbonyl (C=O) groups excluding carboxylic acids is 2. The fourth-order valence-corrected chi connectivity index (χ4v) is 2.51. The molecule has 0 saturated heterocycles. The summed E-state index contributed by atoms with van der Waals surface area (Å²) in [6.07, 6.45) is -7.07. The van der Waals surface area contributed by atoms with E-state index in [2.05, 4.69) is 15.0 Å². The van der Waals surface area contributed by atoms with Gasteiger partial charge in [-0.05, 0) is 36.8 Å². The predicted octanol–water partition coefficient (Wildman–Crippen LogP) is 4.58. The molecule has 1 heterocycles. The lowest BCUT2D eigenvalue weighted by atomic mass is 10.0. The normalized spacial score (nSPS) is 12.7. The monoisotopic (exact) mass is 426 g/mol. The van der Waals surface area contributed by atoms with Crippen LogP contribution in [0.2, 0.25) is 0 Å². The largest absolute Gasteiger partial charge is 0.461 e. The highest BCUT2D eigenvalue weighted by atomic mass is 19.3. The molecule has 0 saturated carbocycles. The lowest BCUT2D eigenvalue weighted by Crippen LogP contribution is -2.33. The summed E-state index contributed by atoms with van der Waals surface area (Å²) in [7, 11) is 0. The lowest BCUT2D eigenvalue weighted by molar-refractivity contribution is -0.253. The molecule has 1 atom stereocenters. The number of alkyl halides is 4. The van der Waals surface area contributed by atoms with Crippen LogP contribution >= 0.6 is 0 Å². The first-order chi connectivity index (χ1) is 14.0. The van der Waals surface area contributed by atoms with Crippen molar-refractivity contribution in [2.45, 2.75) is 45.8 Å². The van der Waals surface area contributed by atoms with Gasteiger partial charge >= 0.3 is 12.5 Å². The van der Waals surface area contributed by atoms with Crippen LogP contribution < -0.4 is 10.1 Å². The summed E-state index contributed by atoms with van der Waals surface area (Å²) >= 11 is 0.